The molecule has 20 heavy (non-hydrogen) atoms. The maximum atomic E-state index is 12.3. The highest BCUT2D eigenvalue weighted by atomic mass is 32.2. The molecule has 0 spiro atoms. The molecule has 1 unspecified atom stereocenters. The molecular weight excluding hydrogens is 278 g/mol. The van der Waals surface area contributed by atoms with Gasteiger partial charge in [-0.15, -0.1) is 0 Å². The lowest BCUT2D eigenvalue weighted by atomic mass is 10.1. The summed E-state index contributed by atoms with van der Waals surface area (Å²) < 4.78 is 34.0. The standard InChI is InChI=1S/C13H29N3O3S/c1-14-12-13-8-4-6-10-16(13)20(17,18)15-9-5-3-7-11-19-2/h13-15H,3-12H2,1-2H3. The van der Waals surface area contributed by atoms with Gasteiger partial charge in [0.1, 0.15) is 0 Å². The third kappa shape index (κ3) is 6.05. The Bertz CT molecular complexity index is 347. The van der Waals surface area contributed by atoms with E-state index in [1.807, 2.05) is 7.05 Å². The zero-order valence-electron chi connectivity index (χ0n) is 12.7. The van der Waals surface area contributed by atoms with Crippen LogP contribution in [0.25, 0.3) is 0 Å². The van der Waals surface area contributed by atoms with Crippen LogP contribution in [0.2, 0.25) is 0 Å². The lowest BCUT2D eigenvalue weighted by Crippen LogP contribution is -2.52. The number of hydrogen-bond acceptors (Lipinski definition) is 4. The summed E-state index contributed by atoms with van der Waals surface area (Å²) in [6, 6.07) is 0.0831. The van der Waals surface area contributed by atoms with Gasteiger partial charge >= 0.3 is 0 Å². The van der Waals surface area contributed by atoms with Gasteiger partial charge in [-0.1, -0.05) is 6.42 Å². The van der Waals surface area contributed by atoms with Crippen molar-refractivity contribution in [2.24, 2.45) is 0 Å². The van der Waals surface area contributed by atoms with Crippen molar-refractivity contribution in [3.63, 3.8) is 0 Å². The Morgan fingerprint density at radius 1 is 1.25 bits per heavy atom. The van der Waals surface area contributed by atoms with Crippen molar-refractivity contribution in [3.05, 3.63) is 0 Å². The highest BCUT2D eigenvalue weighted by Gasteiger charge is 2.31. The predicted molar refractivity (Wildman–Crippen MR) is 80.9 cm³/mol. The van der Waals surface area contributed by atoms with E-state index in [0.717, 1.165) is 51.7 Å². The summed E-state index contributed by atoms with van der Waals surface area (Å²) >= 11 is 0. The molecule has 0 aromatic heterocycles. The van der Waals surface area contributed by atoms with Crippen molar-refractivity contribution in [1.82, 2.24) is 14.3 Å². The van der Waals surface area contributed by atoms with Crippen LogP contribution >= 0.6 is 0 Å². The molecule has 6 nitrogen and oxygen atoms in total. The smallest absolute Gasteiger partial charge is 0.279 e. The van der Waals surface area contributed by atoms with E-state index >= 15 is 0 Å². The molecule has 1 saturated heterocycles. The molecule has 0 radical (unpaired) electrons. The van der Waals surface area contributed by atoms with Gasteiger partial charge in [-0.05, 0) is 39.2 Å². The number of rotatable bonds is 10. The number of hydrogen-bond donors (Lipinski definition) is 2. The summed E-state index contributed by atoms with van der Waals surface area (Å²) in [5.74, 6) is 0. The molecule has 0 amide bonds. The molecule has 2 N–H and O–H groups in total. The Morgan fingerprint density at radius 3 is 2.75 bits per heavy atom. The second-order valence-electron chi connectivity index (χ2n) is 5.27. The Hall–Kier alpha value is -0.210. The van der Waals surface area contributed by atoms with Crippen LogP contribution in [0.3, 0.4) is 0 Å². The van der Waals surface area contributed by atoms with E-state index in [2.05, 4.69) is 10.0 Å². The van der Waals surface area contributed by atoms with Gasteiger partial charge in [-0.2, -0.15) is 12.7 Å². The Kier molecular flexibility index (Phi) is 8.63. The largest absolute Gasteiger partial charge is 0.385 e. The lowest BCUT2D eigenvalue weighted by Gasteiger charge is -2.34. The Balaban J connectivity index is 2.37. The molecule has 1 fully saturated rings. The van der Waals surface area contributed by atoms with Crippen LogP contribution in [0.15, 0.2) is 0 Å². The molecule has 0 aromatic rings. The van der Waals surface area contributed by atoms with Gasteiger partial charge in [0.2, 0.25) is 0 Å². The number of likely N-dealkylation sites (N-methyl/N-ethyl adjacent to an activating group) is 1. The number of nitrogens with one attached hydrogen (secondary N) is 2. The molecule has 1 atom stereocenters. The normalized spacial score (nSPS) is 21.2. The molecule has 0 aromatic carbocycles. The highest BCUT2D eigenvalue weighted by Crippen LogP contribution is 2.19. The van der Waals surface area contributed by atoms with Crippen LogP contribution in [0, 0.1) is 0 Å². The summed E-state index contributed by atoms with van der Waals surface area (Å²) in [5.41, 5.74) is 0. The summed E-state index contributed by atoms with van der Waals surface area (Å²) in [5, 5.41) is 3.08. The first-order chi connectivity index (χ1) is 9.61. The Morgan fingerprint density at radius 2 is 2.05 bits per heavy atom. The summed E-state index contributed by atoms with van der Waals surface area (Å²) in [7, 11) is 0.210. The van der Waals surface area contributed by atoms with E-state index < -0.39 is 10.2 Å². The molecule has 7 heteroatoms. The Labute approximate surface area is 123 Å². The van der Waals surface area contributed by atoms with Crippen molar-refractivity contribution in [3.8, 4) is 0 Å². The molecule has 120 valence electrons. The fourth-order valence-corrected chi connectivity index (χ4v) is 4.07. The molecule has 1 rings (SSSR count). The zero-order chi connectivity index (χ0) is 14.8. The maximum absolute atomic E-state index is 12.3. The van der Waals surface area contributed by atoms with Crippen LogP contribution < -0.4 is 10.0 Å². The molecule has 0 saturated carbocycles. The molecule has 1 heterocycles. The van der Waals surface area contributed by atoms with Crippen molar-refractivity contribution in [1.29, 1.82) is 0 Å². The number of methoxy groups -OCH3 is 1. The summed E-state index contributed by atoms with van der Waals surface area (Å²) in [4.78, 5) is 0. The first-order valence-electron chi connectivity index (χ1n) is 7.51. The monoisotopic (exact) mass is 307 g/mol. The average molecular weight is 307 g/mol. The molecule has 0 aliphatic carbocycles. The van der Waals surface area contributed by atoms with Crippen LogP contribution in [-0.4, -0.2) is 59.2 Å². The minimum Gasteiger partial charge on any atom is -0.385 e. The first kappa shape index (κ1) is 17.8. The lowest BCUT2D eigenvalue weighted by molar-refractivity contribution is 0.192. The predicted octanol–water partition coefficient (Wildman–Crippen LogP) is 0.711. The van der Waals surface area contributed by atoms with E-state index in [1.165, 1.54) is 0 Å². The number of piperidine rings is 1. The zero-order valence-corrected chi connectivity index (χ0v) is 13.5. The first-order valence-corrected chi connectivity index (χ1v) is 8.96. The number of nitrogens with zero attached hydrogens (tertiary/aromatic N) is 1. The van der Waals surface area contributed by atoms with E-state index in [4.69, 9.17) is 4.74 Å². The van der Waals surface area contributed by atoms with Gasteiger partial charge in [-0.25, -0.2) is 4.72 Å². The average Bonchev–Trinajstić information content (AvgIpc) is 2.43. The fourth-order valence-electron chi connectivity index (χ4n) is 2.56. The highest BCUT2D eigenvalue weighted by molar-refractivity contribution is 7.87. The van der Waals surface area contributed by atoms with Crippen LogP contribution in [0.4, 0.5) is 0 Å². The second-order valence-corrected chi connectivity index (χ2v) is 6.98. The van der Waals surface area contributed by atoms with Gasteiger partial charge < -0.3 is 10.1 Å². The van der Waals surface area contributed by atoms with E-state index in [-0.39, 0.29) is 6.04 Å². The summed E-state index contributed by atoms with van der Waals surface area (Å²) in [6.45, 7) is 2.60. The van der Waals surface area contributed by atoms with E-state index in [0.29, 0.717) is 13.1 Å². The topological polar surface area (TPSA) is 70.7 Å². The van der Waals surface area contributed by atoms with Crippen LogP contribution in [0.5, 0.6) is 0 Å². The number of unbranched alkanes of at least 4 members (excludes halogenated alkanes) is 2. The molecule has 1 aliphatic rings. The molecule has 1 aliphatic heterocycles. The van der Waals surface area contributed by atoms with Crippen molar-refractivity contribution in [2.75, 3.05) is 40.4 Å². The molecular formula is C13H29N3O3S. The van der Waals surface area contributed by atoms with Gasteiger partial charge in [-0.3, -0.25) is 0 Å². The minimum atomic E-state index is -3.34. The van der Waals surface area contributed by atoms with Crippen molar-refractivity contribution < 1.29 is 13.2 Å². The van der Waals surface area contributed by atoms with Gasteiger partial charge in [0.05, 0.1) is 0 Å². The maximum Gasteiger partial charge on any atom is 0.279 e. The van der Waals surface area contributed by atoms with Crippen molar-refractivity contribution >= 4 is 10.2 Å². The quantitative estimate of drug-likeness (QED) is 0.583. The van der Waals surface area contributed by atoms with Gasteiger partial charge in [0, 0.05) is 39.4 Å². The van der Waals surface area contributed by atoms with Gasteiger partial charge in [0.25, 0.3) is 10.2 Å². The third-order valence-corrected chi connectivity index (χ3v) is 5.30. The van der Waals surface area contributed by atoms with Crippen LogP contribution in [0.1, 0.15) is 38.5 Å². The summed E-state index contributed by atoms with van der Waals surface area (Å²) in [6.07, 6.45) is 5.81. The van der Waals surface area contributed by atoms with Gasteiger partial charge in [0.15, 0.2) is 0 Å². The molecule has 0 bridgehead atoms. The van der Waals surface area contributed by atoms with E-state index in [1.54, 1.807) is 11.4 Å². The van der Waals surface area contributed by atoms with Crippen molar-refractivity contribution in [2.45, 2.75) is 44.6 Å². The third-order valence-electron chi connectivity index (χ3n) is 3.63. The number of ether oxygens (including phenoxy) is 1. The minimum absolute atomic E-state index is 0.0831. The SMILES string of the molecule is CNCC1CCCCN1S(=O)(=O)NCCCCCOC. The van der Waals surface area contributed by atoms with Crippen LogP contribution in [-0.2, 0) is 14.9 Å². The van der Waals surface area contributed by atoms with E-state index in [9.17, 15) is 8.42 Å². The second kappa shape index (κ2) is 9.68. The fraction of sp³-hybridized carbons (Fsp3) is 1.00.